The third-order valence-electron chi connectivity index (χ3n) is 4.62. The van der Waals surface area contributed by atoms with E-state index >= 15 is 0 Å². The number of hydrogen-bond acceptors (Lipinski definition) is 4. The van der Waals surface area contributed by atoms with E-state index in [0.717, 1.165) is 36.1 Å². The molecule has 2 aliphatic rings. The molecule has 0 unspecified atom stereocenters. The van der Waals surface area contributed by atoms with E-state index in [1.54, 1.807) is 0 Å². The minimum absolute atomic E-state index is 0.324. The van der Waals surface area contributed by atoms with Gasteiger partial charge >= 0.3 is 5.97 Å². The molecule has 1 saturated carbocycles. The van der Waals surface area contributed by atoms with Crippen molar-refractivity contribution in [3.63, 3.8) is 0 Å². The summed E-state index contributed by atoms with van der Waals surface area (Å²) in [5, 5.41) is 10.6. The largest absolute Gasteiger partial charge is 0.484 e. The molecule has 1 aliphatic carbocycles. The van der Waals surface area contributed by atoms with Gasteiger partial charge in [0.25, 0.3) is 0 Å². The minimum atomic E-state index is -0.804. The van der Waals surface area contributed by atoms with Crippen molar-refractivity contribution in [2.45, 2.75) is 57.7 Å². The molecule has 4 nitrogen and oxygen atoms in total. The van der Waals surface area contributed by atoms with E-state index in [-0.39, 0.29) is 5.97 Å². The van der Waals surface area contributed by atoms with E-state index in [1.807, 2.05) is 26.0 Å². The normalized spacial score (nSPS) is 31.2. The maximum absolute atomic E-state index is 11.1. The highest BCUT2D eigenvalue weighted by Crippen LogP contribution is 2.50. The Bertz CT molecular complexity index is 576. The number of ether oxygens (including phenoxy) is 2. The van der Waals surface area contributed by atoms with Crippen LogP contribution in [0.1, 0.15) is 44.2 Å². The van der Waals surface area contributed by atoms with Crippen molar-refractivity contribution in [3.8, 4) is 11.5 Å². The van der Waals surface area contributed by atoms with Gasteiger partial charge in [0, 0.05) is 18.9 Å². The molecule has 1 aromatic rings. The second kappa shape index (κ2) is 4.22. The second-order valence-electron chi connectivity index (χ2n) is 6.22. The Hall–Kier alpha value is -1.55. The van der Waals surface area contributed by atoms with Crippen molar-refractivity contribution in [1.82, 2.24) is 0 Å². The summed E-state index contributed by atoms with van der Waals surface area (Å²) in [6.07, 6.45) is 3.26. The molecule has 3 rings (SSSR count). The molecule has 1 aromatic carbocycles. The quantitative estimate of drug-likeness (QED) is 0.632. The Balaban J connectivity index is 1.96. The molecule has 2 atom stereocenters. The Labute approximate surface area is 118 Å². The van der Waals surface area contributed by atoms with Gasteiger partial charge in [0.2, 0.25) is 0 Å². The van der Waals surface area contributed by atoms with Crippen molar-refractivity contribution >= 4 is 5.97 Å². The van der Waals surface area contributed by atoms with Gasteiger partial charge in [-0.1, -0.05) is 0 Å². The highest BCUT2D eigenvalue weighted by atomic mass is 16.5. The number of fused-ring (bicyclic) bond motifs is 1. The van der Waals surface area contributed by atoms with Gasteiger partial charge in [-0.2, -0.15) is 0 Å². The first-order chi connectivity index (χ1) is 9.33. The summed E-state index contributed by atoms with van der Waals surface area (Å²) in [7, 11) is 0. The van der Waals surface area contributed by atoms with E-state index in [2.05, 4.69) is 0 Å². The lowest BCUT2D eigenvalue weighted by atomic mass is 9.84. The van der Waals surface area contributed by atoms with Crippen LogP contribution in [0.2, 0.25) is 0 Å². The van der Waals surface area contributed by atoms with Crippen LogP contribution in [0.15, 0.2) is 12.1 Å². The smallest absolute Gasteiger partial charge is 0.308 e. The van der Waals surface area contributed by atoms with Crippen LogP contribution in [0, 0.1) is 6.92 Å². The number of carbonyl (C=O) groups excluding carboxylic acids is 1. The van der Waals surface area contributed by atoms with Gasteiger partial charge in [0.05, 0.1) is 0 Å². The van der Waals surface area contributed by atoms with Gasteiger partial charge in [-0.05, 0) is 50.8 Å². The third-order valence-corrected chi connectivity index (χ3v) is 4.62. The maximum Gasteiger partial charge on any atom is 0.308 e. The molecule has 1 spiro atoms. The van der Waals surface area contributed by atoms with Gasteiger partial charge in [0.1, 0.15) is 22.7 Å². The monoisotopic (exact) mass is 276 g/mol. The van der Waals surface area contributed by atoms with Crippen molar-refractivity contribution in [3.05, 3.63) is 23.3 Å². The summed E-state index contributed by atoms with van der Waals surface area (Å²) >= 11 is 0. The lowest BCUT2D eigenvalue weighted by Gasteiger charge is -2.35. The SMILES string of the molecule is CC(=O)Oc1cc2c(cc1C)O[C@@]1(CCC[C@]1(C)O)C2. The summed E-state index contributed by atoms with van der Waals surface area (Å²) in [6, 6.07) is 3.77. The molecule has 4 heteroatoms. The van der Waals surface area contributed by atoms with Crippen LogP contribution in [0.5, 0.6) is 11.5 Å². The van der Waals surface area contributed by atoms with E-state index in [4.69, 9.17) is 9.47 Å². The van der Waals surface area contributed by atoms with Crippen LogP contribution < -0.4 is 9.47 Å². The summed E-state index contributed by atoms with van der Waals surface area (Å²) < 4.78 is 11.3. The molecule has 108 valence electrons. The topological polar surface area (TPSA) is 55.8 Å². The van der Waals surface area contributed by atoms with Gasteiger partial charge in [0.15, 0.2) is 0 Å². The Morgan fingerprint density at radius 1 is 1.40 bits per heavy atom. The summed E-state index contributed by atoms with van der Waals surface area (Å²) in [4.78, 5) is 11.1. The summed E-state index contributed by atoms with van der Waals surface area (Å²) in [5.74, 6) is 1.06. The van der Waals surface area contributed by atoms with Crippen molar-refractivity contribution < 1.29 is 19.4 Å². The van der Waals surface area contributed by atoms with Crippen LogP contribution in [0.3, 0.4) is 0 Å². The Morgan fingerprint density at radius 3 is 2.75 bits per heavy atom. The van der Waals surface area contributed by atoms with Gasteiger partial charge in [-0.3, -0.25) is 4.79 Å². The molecule has 20 heavy (non-hydrogen) atoms. The van der Waals surface area contributed by atoms with Gasteiger partial charge in [-0.15, -0.1) is 0 Å². The van der Waals surface area contributed by atoms with E-state index in [9.17, 15) is 9.90 Å². The number of rotatable bonds is 1. The lowest BCUT2D eigenvalue weighted by Crippen LogP contribution is -2.51. The molecule has 1 heterocycles. The molecule has 1 aliphatic heterocycles. The van der Waals surface area contributed by atoms with Crippen molar-refractivity contribution in [2.75, 3.05) is 0 Å². The fraction of sp³-hybridized carbons (Fsp3) is 0.562. The second-order valence-corrected chi connectivity index (χ2v) is 6.22. The highest BCUT2D eigenvalue weighted by molar-refractivity contribution is 5.70. The Morgan fingerprint density at radius 2 is 2.15 bits per heavy atom. The lowest BCUT2D eigenvalue weighted by molar-refractivity contribution is -0.131. The first-order valence-electron chi connectivity index (χ1n) is 7.06. The predicted octanol–water partition coefficient (Wildman–Crippen LogP) is 2.53. The third kappa shape index (κ3) is 1.90. The number of aliphatic hydroxyl groups is 1. The van der Waals surface area contributed by atoms with E-state index in [0.29, 0.717) is 12.2 Å². The summed E-state index contributed by atoms with van der Waals surface area (Å²) in [5.41, 5.74) is 0.556. The predicted molar refractivity (Wildman–Crippen MR) is 74.0 cm³/mol. The molecule has 0 radical (unpaired) electrons. The number of carbonyl (C=O) groups is 1. The first kappa shape index (κ1) is 13.4. The average Bonchev–Trinajstić information content (AvgIpc) is 2.80. The van der Waals surface area contributed by atoms with Crippen LogP contribution >= 0.6 is 0 Å². The van der Waals surface area contributed by atoms with Crippen LogP contribution in [0.25, 0.3) is 0 Å². The number of benzene rings is 1. The molecular formula is C16H20O4. The molecule has 0 amide bonds. The molecule has 0 bridgehead atoms. The molecule has 0 aromatic heterocycles. The minimum Gasteiger partial charge on any atom is -0.484 e. The Kier molecular flexibility index (Phi) is 2.83. The number of aryl methyl sites for hydroxylation is 1. The van der Waals surface area contributed by atoms with Crippen LogP contribution in [-0.4, -0.2) is 22.3 Å². The maximum atomic E-state index is 11.1. The van der Waals surface area contributed by atoms with Crippen LogP contribution in [0.4, 0.5) is 0 Å². The molecular weight excluding hydrogens is 256 g/mol. The first-order valence-corrected chi connectivity index (χ1v) is 7.06. The zero-order valence-corrected chi connectivity index (χ0v) is 12.2. The molecule has 1 N–H and O–H groups in total. The highest BCUT2D eigenvalue weighted by Gasteiger charge is 2.56. The fourth-order valence-corrected chi connectivity index (χ4v) is 3.41. The standard InChI is InChI=1S/C16H20O4/c1-10-7-14-12(8-13(10)19-11(2)17)9-16(20-14)6-4-5-15(16,3)18/h7-8,18H,4-6,9H2,1-3H3/t15-,16-/m0/s1. The van der Waals surface area contributed by atoms with Crippen LogP contribution in [-0.2, 0) is 11.2 Å². The van der Waals surface area contributed by atoms with Gasteiger partial charge < -0.3 is 14.6 Å². The fourth-order valence-electron chi connectivity index (χ4n) is 3.41. The zero-order chi connectivity index (χ0) is 14.5. The molecule has 0 saturated heterocycles. The summed E-state index contributed by atoms with van der Waals surface area (Å²) in [6.45, 7) is 5.14. The van der Waals surface area contributed by atoms with Crippen molar-refractivity contribution in [1.29, 1.82) is 0 Å². The number of esters is 1. The zero-order valence-electron chi connectivity index (χ0n) is 12.2. The molecule has 1 fully saturated rings. The van der Waals surface area contributed by atoms with E-state index < -0.39 is 11.2 Å². The van der Waals surface area contributed by atoms with Crippen molar-refractivity contribution in [2.24, 2.45) is 0 Å². The van der Waals surface area contributed by atoms with Gasteiger partial charge in [-0.25, -0.2) is 0 Å². The van der Waals surface area contributed by atoms with E-state index in [1.165, 1.54) is 6.92 Å². The number of hydrogen-bond donors (Lipinski definition) is 1. The average molecular weight is 276 g/mol.